The van der Waals surface area contributed by atoms with Crippen molar-refractivity contribution in [3.8, 4) is 0 Å². The van der Waals surface area contributed by atoms with Crippen LogP contribution >= 0.6 is 0 Å². The molecule has 0 aliphatic rings. The Morgan fingerprint density at radius 1 is 1.29 bits per heavy atom. The molecule has 0 aromatic heterocycles. The van der Waals surface area contributed by atoms with Crippen molar-refractivity contribution in [3.05, 3.63) is 0 Å². The molecule has 0 aromatic carbocycles. The molecule has 0 heterocycles. The van der Waals surface area contributed by atoms with E-state index in [1.807, 2.05) is 0 Å². The van der Waals surface area contributed by atoms with Crippen LogP contribution in [0.1, 0.15) is 6.92 Å². The molecule has 0 rings (SSSR count). The van der Waals surface area contributed by atoms with Crippen LogP contribution in [0.15, 0.2) is 0 Å². The molecule has 0 aliphatic carbocycles. The first-order chi connectivity index (χ1) is 3.15. The van der Waals surface area contributed by atoms with E-state index in [4.69, 9.17) is 0 Å². The van der Waals surface area contributed by atoms with E-state index in [1.165, 1.54) is 0 Å². The Balaban J connectivity index is 0. The van der Waals surface area contributed by atoms with Crippen molar-refractivity contribution in [2.45, 2.75) is 13.3 Å². The predicted molar refractivity (Wildman–Crippen MR) is 24.6 cm³/mol. The van der Waals surface area contributed by atoms with Crippen molar-refractivity contribution in [2.24, 2.45) is 0 Å². The molecule has 0 saturated carbocycles. The molecule has 0 aromatic rings. The van der Waals surface area contributed by atoms with E-state index in [0.29, 0.717) is 0 Å². The standard InChI is InChI=1S/C2H4F2.C2H6O/c1-2(3)4;1-3-2/h2H,1H3;1-2H3. The van der Waals surface area contributed by atoms with Gasteiger partial charge in [-0.3, -0.25) is 0 Å². The highest BCUT2D eigenvalue weighted by Gasteiger charge is 1.79. The van der Waals surface area contributed by atoms with Gasteiger partial charge >= 0.3 is 0 Å². The molecule has 0 saturated heterocycles. The fourth-order valence-electron chi connectivity index (χ4n) is 0. The molecule has 1 nitrogen and oxygen atoms in total. The lowest BCUT2D eigenvalue weighted by Gasteiger charge is -1.70. The number of halogens is 2. The Bertz CT molecular complexity index is 20.9. The lowest BCUT2D eigenvalue weighted by Crippen LogP contribution is -1.69. The lowest BCUT2D eigenvalue weighted by molar-refractivity contribution is 0.171. The summed E-state index contributed by atoms with van der Waals surface area (Å²) in [7, 11) is 3.25. The van der Waals surface area contributed by atoms with E-state index in [9.17, 15) is 8.78 Å². The van der Waals surface area contributed by atoms with Crippen molar-refractivity contribution >= 4 is 0 Å². The summed E-state index contributed by atoms with van der Waals surface area (Å²) in [6.45, 7) is 0.833. The maximum Gasteiger partial charge on any atom is 0.235 e. The van der Waals surface area contributed by atoms with E-state index in [0.717, 1.165) is 6.92 Å². The molecule has 0 spiro atoms. The zero-order chi connectivity index (χ0) is 6.28. The molecule has 0 atom stereocenters. The maximum atomic E-state index is 10.3. The predicted octanol–water partition coefficient (Wildman–Crippen LogP) is 1.53. The molecular weight excluding hydrogens is 102 g/mol. The highest BCUT2D eigenvalue weighted by molar-refractivity contribution is 4.06. The second kappa shape index (κ2) is 9.27. The molecule has 0 N–H and O–H groups in total. The minimum absolute atomic E-state index is 0.833. The van der Waals surface area contributed by atoms with Gasteiger partial charge in [-0.25, -0.2) is 8.78 Å². The molecule has 0 radical (unpaired) electrons. The number of ether oxygens (including phenoxy) is 1. The van der Waals surface area contributed by atoms with Crippen LogP contribution in [-0.4, -0.2) is 20.6 Å². The first kappa shape index (κ1) is 9.94. The van der Waals surface area contributed by atoms with Gasteiger partial charge in [0.15, 0.2) is 0 Å². The average molecular weight is 112 g/mol. The lowest BCUT2D eigenvalue weighted by atomic mass is 10.9. The van der Waals surface area contributed by atoms with Crippen molar-refractivity contribution in [1.82, 2.24) is 0 Å². The van der Waals surface area contributed by atoms with Gasteiger partial charge in [-0.2, -0.15) is 0 Å². The second-order valence-electron chi connectivity index (χ2n) is 0.927. The summed E-state index contributed by atoms with van der Waals surface area (Å²) in [5.41, 5.74) is 0. The monoisotopic (exact) mass is 112 g/mol. The molecule has 0 aliphatic heterocycles. The molecule has 0 unspecified atom stereocenters. The zero-order valence-corrected chi connectivity index (χ0v) is 4.74. The minimum Gasteiger partial charge on any atom is -0.388 e. The van der Waals surface area contributed by atoms with Crippen molar-refractivity contribution < 1.29 is 13.5 Å². The molecule has 0 bridgehead atoms. The van der Waals surface area contributed by atoms with Gasteiger partial charge in [-0.1, -0.05) is 0 Å². The van der Waals surface area contributed by atoms with Crippen LogP contribution < -0.4 is 0 Å². The summed E-state index contributed by atoms with van der Waals surface area (Å²) < 4.78 is 24.9. The van der Waals surface area contributed by atoms with E-state index in [-0.39, 0.29) is 0 Å². The zero-order valence-electron chi connectivity index (χ0n) is 4.74. The van der Waals surface area contributed by atoms with Crippen LogP contribution in [0.25, 0.3) is 0 Å². The van der Waals surface area contributed by atoms with Gasteiger partial charge in [0.05, 0.1) is 0 Å². The Morgan fingerprint density at radius 2 is 1.29 bits per heavy atom. The molecule has 0 amide bonds. The highest BCUT2D eigenvalue weighted by Crippen LogP contribution is 1.82. The topological polar surface area (TPSA) is 9.23 Å². The maximum absolute atomic E-state index is 10.3. The van der Waals surface area contributed by atoms with E-state index >= 15 is 0 Å². The van der Waals surface area contributed by atoms with E-state index < -0.39 is 6.43 Å². The van der Waals surface area contributed by atoms with Crippen LogP contribution in [0.2, 0.25) is 0 Å². The normalized spacial score (nSPS) is 7.71. The average Bonchev–Trinajstić information content (AvgIpc) is 1.33. The first-order valence-electron chi connectivity index (χ1n) is 1.83. The Labute approximate surface area is 42.3 Å². The second-order valence-corrected chi connectivity index (χ2v) is 0.927. The SMILES string of the molecule is CC(F)F.COC. The smallest absolute Gasteiger partial charge is 0.235 e. The van der Waals surface area contributed by atoms with Crippen LogP contribution in [0, 0.1) is 0 Å². The van der Waals surface area contributed by atoms with Gasteiger partial charge in [0.2, 0.25) is 6.43 Å². The number of methoxy groups -OCH3 is 1. The van der Waals surface area contributed by atoms with E-state index in [2.05, 4.69) is 4.74 Å². The number of hydrogen-bond donors (Lipinski definition) is 0. The summed E-state index contributed by atoms with van der Waals surface area (Å²) in [6, 6.07) is 0. The van der Waals surface area contributed by atoms with Gasteiger partial charge in [-0.15, -0.1) is 0 Å². The fourth-order valence-corrected chi connectivity index (χ4v) is 0. The third kappa shape index (κ3) is 2620. The Kier molecular flexibility index (Phi) is 13.2. The first-order valence-corrected chi connectivity index (χ1v) is 1.83. The highest BCUT2D eigenvalue weighted by atomic mass is 19.3. The Hall–Kier alpha value is -0.180. The molecule has 3 heteroatoms. The largest absolute Gasteiger partial charge is 0.388 e. The summed E-state index contributed by atoms with van der Waals surface area (Å²) in [6.07, 6.45) is -2.17. The van der Waals surface area contributed by atoms with Gasteiger partial charge in [0, 0.05) is 14.2 Å². The van der Waals surface area contributed by atoms with Gasteiger partial charge in [0.25, 0.3) is 0 Å². The third-order valence-corrected chi connectivity index (χ3v) is 0. The van der Waals surface area contributed by atoms with Crippen molar-refractivity contribution in [3.63, 3.8) is 0 Å². The van der Waals surface area contributed by atoms with Gasteiger partial charge in [0.1, 0.15) is 0 Å². The Morgan fingerprint density at radius 3 is 1.29 bits per heavy atom. The van der Waals surface area contributed by atoms with Crippen molar-refractivity contribution in [2.75, 3.05) is 14.2 Å². The third-order valence-electron chi connectivity index (χ3n) is 0. The summed E-state index contributed by atoms with van der Waals surface area (Å²) in [4.78, 5) is 0. The summed E-state index contributed by atoms with van der Waals surface area (Å²) >= 11 is 0. The van der Waals surface area contributed by atoms with Crippen LogP contribution in [0.4, 0.5) is 8.78 Å². The van der Waals surface area contributed by atoms with Crippen molar-refractivity contribution in [1.29, 1.82) is 0 Å². The molecule has 7 heavy (non-hydrogen) atoms. The summed E-state index contributed by atoms with van der Waals surface area (Å²) in [5.74, 6) is 0. The van der Waals surface area contributed by atoms with Crippen LogP contribution in [0.3, 0.4) is 0 Å². The fraction of sp³-hybridized carbons (Fsp3) is 1.00. The van der Waals surface area contributed by atoms with Gasteiger partial charge < -0.3 is 4.74 Å². The number of hydrogen-bond acceptors (Lipinski definition) is 1. The molecular formula is C4H10F2O. The van der Waals surface area contributed by atoms with E-state index in [1.54, 1.807) is 14.2 Å². The number of rotatable bonds is 0. The molecule has 46 valence electrons. The van der Waals surface area contributed by atoms with Crippen LogP contribution in [-0.2, 0) is 4.74 Å². The van der Waals surface area contributed by atoms with Gasteiger partial charge in [-0.05, 0) is 6.92 Å². The quantitative estimate of drug-likeness (QED) is 0.461. The summed E-state index contributed by atoms with van der Waals surface area (Å²) in [5, 5.41) is 0. The minimum atomic E-state index is -2.17. The molecule has 0 fully saturated rings. The number of alkyl halides is 2. The van der Waals surface area contributed by atoms with Crippen LogP contribution in [0.5, 0.6) is 0 Å².